The van der Waals surface area contributed by atoms with E-state index in [-0.39, 0.29) is 13.2 Å². The monoisotopic (exact) mass is 405 g/mol. The summed E-state index contributed by atoms with van der Waals surface area (Å²) in [5.41, 5.74) is 5.49. The Balaban J connectivity index is 1.74. The molecule has 1 aromatic heterocycles. The van der Waals surface area contributed by atoms with E-state index in [9.17, 15) is 14.4 Å². The predicted molar refractivity (Wildman–Crippen MR) is 102 cm³/mol. The van der Waals surface area contributed by atoms with E-state index in [1.54, 1.807) is 30.3 Å². The third-order valence-corrected chi connectivity index (χ3v) is 4.52. The summed E-state index contributed by atoms with van der Waals surface area (Å²) >= 11 is 0. The number of hydrogen-bond acceptors (Lipinski definition) is 8. The number of aromatic nitrogens is 2. The summed E-state index contributed by atoms with van der Waals surface area (Å²) in [5, 5.41) is 0. The molecule has 4 atom stereocenters. The Labute approximate surface area is 166 Å². The van der Waals surface area contributed by atoms with Crippen LogP contribution in [0.3, 0.4) is 0 Å². The molecule has 0 aliphatic carbocycles. The van der Waals surface area contributed by atoms with Crippen LogP contribution in [0.4, 0.5) is 0 Å². The van der Waals surface area contributed by atoms with E-state index in [0.717, 1.165) is 0 Å². The molecule has 0 spiro atoms. The van der Waals surface area contributed by atoms with E-state index in [2.05, 4.69) is 4.98 Å². The molecule has 156 valence electrons. The fraction of sp³-hybridized carbons (Fsp3) is 0.421. The first-order chi connectivity index (χ1) is 14.0. The quantitative estimate of drug-likeness (QED) is 0.449. The van der Waals surface area contributed by atoms with Crippen LogP contribution in [0.15, 0.2) is 52.2 Å². The molecule has 2 aromatic rings. The highest BCUT2D eigenvalue weighted by molar-refractivity contribution is 5.89. The Morgan fingerprint density at radius 2 is 1.97 bits per heavy atom. The molecule has 29 heavy (non-hydrogen) atoms. The minimum absolute atomic E-state index is 0.117. The third kappa shape index (κ3) is 4.98. The summed E-state index contributed by atoms with van der Waals surface area (Å²) in [6.07, 6.45) is -1.01. The van der Waals surface area contributed by atoms with Gasteiger partial charge in [0.15, 0.2) is 6.23 Å². The van der Waals surface area contributed by atoms with Crippen LogP contribution >= 0.6 is 0 Å². The highest BCUT2D eigenvalue weighted by atomic mass is 16.6. The third-order valence-electron chi connectivity index (χ3n) is 4.52. The number of benzene rings is 1. The van der Waals surface area contributed by atoms with Crippen LogP contribution in [0.25, 0.3) is 0 Å². The van der Waals surface area contributed by atoms with E-state index in [4.69, 9.17) is 24.7 Å². The van der Waals surface area contributed by atoms with Crippen molar-refractivity contribution in [3.63, 3.8) is 0 Å². The SMILES string of the molecule is COCCO[C@@H]1[C@H](N)[C@@H](COC(=O)c2ccccc2)O[C@H]1n1ccc(=O)[nH]c1=O. The van der Waals surface area contributed by atoms with Crippen LogP contribution < -0.4 is 17.0 Å². The summed E-state index contributed by atoms with van der Waals surface area (Å²) in [6, 6.07) is 9.04. The van der Waals surface area contributed by atoms with Gasteiger partial charge in [-0.1, -0.05) is 18.2 Å². The van der Waals surface area contributed by atoms with E-state index < -0.39 is 41.7 Å². The molecule has 1 saturated heterocycles. The molecule has 3 N–H and O–H groups in total. The Morgan fingerprint density at radius 3 is 2.66 bits per heavy atom. The molecule has 1 aliphatic heterocycles. The van der Waals surface area contributed by atoms with Crippen LogP contribution in [-0.2, 0) is 18.9 Å². The second kappa shape index (κ2) is 9.61. The summed E-state index contributed by atoms with van der Waals surface area (Å²) in [6.45, 7) is 0.432. The van der Waals surface area contributed by atoms with Crippen molar-refractivity contribution in [1.29, 1.82) is 0 Å². The average molecular weight is 405 g/mol. The van der Waals surface area contributed by atoms with Gasteiger partial charge in [0.05, 0.1) is 24.8 Å². The van der Waals surface area contributed by atoms with Crippen LogP contribution in [-0.4, -0.2) is 60.7 Å². The van der Waals surface area contributed by atoms with E-state index in [0.29, 0.717) is 12.2 Å². The van der Waals surface area contributed by atoms with Crippen LogP contribution in [0.5, 0.6) is 0 Å². The summed E-state index contributed by atoms with van der Waals surface area (Å²) in [4.78, 5) is 37.9. The summed E-state index contributed by atoms with van der Waals surface area (Å²) in [7, 11) is 1.53. The number of aromatic amines is 1. The molecular formula is C19H23N3O7. The Hall–Kier alpha value is -2.79. The number of esters is 1. The van der Waals surface area contributed by atoms with Gasteiger partial charge in [-0.3, -0.25) is 14.3 Å². The number of carbonyl (C=O) groups excluding carboxylic acids is 1. The Morgan fingerprint density at radius 1 is 1.21 bits per heavy atom. The lowest BCUT2D eigenvalue weighted by molar-refractivity contribution is -0.0803. The number of rotatable bonds is 8. The summed E-state index contributed by atoms with van der Waals surface area (Å²) in [5.74, 6) is -0.511. The fourth-order valence-electron chi connectivity index (χ4n) is 3.03. The number of nitrogens with two attached hydrogens (primary N) is 1. The largest absolute Gasteiger partial charge is 0.459 e. The van der Waals surface area contributed by atoms with E-state index in [1.807, 2.05) is 0 Å². The van der Waals surface area contributed by atoms with Crippen LogP contribution in [0.1, 0.15) is 16.6 Å². The van der Waals surface area contributed by atoms with E-state index in [1.165, 1.54) is 23.9 Å². The van der Waals surface area contributed by atoms with Crippen LogP contribution in [0, 0.1) is 0 Å². The second-order valence-electron chi connectivity index (χ2n) is 6.45. The molecule has 3 rings (SSSR count). The van der Waals surface area contributed by atoms with Crippen molar-refractivity contribution < 1.29 is 23.7 Å². The van der Waals surface area contributed by atoms with Crippen LogP contribution in [0.2, 0.25) is 0 Å². The number of nitrogens with one attached hydrogen (secondary N) is 1. The number of methoxy groups -OCH3 is 1. The number of carbonyl (C=O) groups is 1. The van der Waals surface area contributed by atoms with Crippen molar-refractivity contribution in [3.8, 4) is 0 Å². The first-order valence-corrected chi connectivity index (χ1v) is 9.06. The van der Waals surface area contributed by atoms with Crippen molar-refractivity contribution in [2.75, 3.05) is 26.9 Å². The smallest absolute Gasteiger partial charge is 0.338 e. The minimum Gasteiger partial charge on any atom is -0.459 e. The van der Waals surface area contributed by atoms with Gasteiger partial charge in [-0.2, -0.15) is 0 Å². The maximum atomic E-state index is 12.2. The molecule has 1 aromatic carbocycles. The molecule has 10 heteroatoms. The molecule has 0 radical (unpaired) electrons. The predicted octanol–water partition coefficient (Wildman–Crippen LogP) is -0.350. The molecule has 0 unspecified atom stereocenters. The zero-order valence-corrected chi connectivity index (χ0v) is 15.9. The van der Waals surface area contributed by atoms with Gasteiger partial charge in [-0.05, 0) is 12.1 Å². The van der Waals surface area contributed by atoms with Gasteiger partial charge in [0, 0.05) is 19.4 Å². The highest BCUT2D eigenvalue weighted by Crippen LogP contribution is 2.30. The number of nitrogens with zero attached hydrogens (tertiary/aromatic N) is 1. The van der Waals surface area contributed by atoms with E-state index >= 15 is 0 Å². The zero-order valence-electron chi connectivity index (χ0n) is 15.9. The van der Waals surface area contributed by atoms with Gasteiger partial charge < -0.3 is 24.7 Å². The van der Waals surface area contributed by atoms with Gasteiger partial charge in [0.2, 0.25) is 0 Å². The molecule has 0 bridgehead atoms. The molecule has 1 aliphatic rings. The van der Waals surface area contributed by atoms with Crippen molar-refractivity contribution in [1.82, 2.24) is 9.55 Å². The zero-order chi connectivity index (χ0) is 20.8. The second-order valence-corrected chi connectivity index (χ2v) is 6.45. The van der Waals surface area contributed by atoms with Gasteiger partial charge in [-0.15, -0.1) is 0 Å². The van der Waals surface area contributed by atoms with Crippen molar-refractivity contribution >= 4 is 5.97 Å². The lowest BCUT2D eigenvalue weighted by atomic mass is 10.1. The average Bonchev–Trinajstić information content (AvgIpc) is 3.02. The van der Waals surface area contributed by atoms with Crippen molar-refractivity contribution in [2.24, 2.45) is 5.73 Å². The topological polar surface area (TPSA) is 135 Å². The molecule has 0 saturated carbocycles. The Kier molecular flexibility index (Phi) is 6.94. The molecule has 10 nitrogen and oxygen atoms in total. The number of hydrogen-bond donors (Lipinski definition) is 2. The van der Waals surface area contributed by atoms with Gasteiger partial charge in [-0.25, -0.2) is 9.59 Å². The van der Waals surface area contributed by atoms with Gasteiger partial charge in [0.1, 0.15) is 18.8 Å². The normalized spacial score (nSPS) is 23.8. The Bertz CT molecular complexity index is 927. The lowest BCUT2D eigenvalue weighted by Gasteiger charge is -2.22. The highest BCUT2D eigenvalue weighted by Gasteiger charge is 2.45. The number of ether oxygens (including phenoxy) is 4. The van der Waals surface area contributed by atoms with Gasteiger partial charge in [0.25, 0.3) is 5.56 Å². The fourth-order valence-corrected chi connectivity index (χ4v) is 3.03. The minimum atomic E-state index is -0.897. The van der Waals surface area contributed by atoms with Gasteiger partial charge >= 0.3 is 11.7 Å². The standard InChI is InChI=1S/C19H23N3O7/c1-26-9-10-27-16-15(20)13(11-28-18(24)12-5-3-2-4-6-12)29-17(16)22-8-7-14(23)21-19(22)25/h2-8,13,15-17H,9-11,20H2,1H3,(H,21,23,25)/t13-,15-,16-,17-/m1/s1. The first-order valence-electron chi connectivity index (χ1n) is 9.06. The maximum Gasteiger partial charge on any atom is 0.338 e. The first kappa shape index (κ1) is 20.9. The lowest BCUT2D eigenvalue weighted by Crippen LogP contribution is -2.45. The molecule has 2 heterocycles. The number of H-pyrrole nitrogens is 1. The van der Waals surface area contributed by atoms with Crippen molar-refractivity contribution in [3.05, 3.63) is 69.0 Å². The molecule has 1 fully saturated rings. The summed E-state index contributed by atoms with van der Waals surface area (Å²) < 4.78 is 23.1. The maximum absolute atomic E-state index is 12.2. The van der Waals surface area contributed by atoms with Crippen molar-refractivity contribution in [2.45, 2.75) is 24.5 Å². The molecule has 0 amide bonds. The molecular weight excluding hydrogens is 382 g/mol.